The van der Waals surface area contributed by atoms with Crippen molar-refractivity contribution in [1.82, 2.24) is 0 Å². The largest absolute Gasteiger partial charge is 0.497 e. The van der Waals surface area contributed by atoms with Gasteiger partial charge in [-0.3, -0.25) is 0 Å². The van der Waals surface area contributed by atoms with E-state index in [0.29, 0.717) is 23.7 Å². The molecule has 0 amide bonds. The second-order valence-corrected chi connectivity index (χ2v) is 3.82. The predicted octanol–water partition coefficient (Wildman–Crippen LogP) is 2.04. The van der Waals surface area contributed by atoms with Crippen LogP contribution in [0.3, 0.4) is 0 Å². The Morgan fingerprint density at radius 3 is 2.73 bits per heavy atom. The average molecular weight is 230 g/mol. The van der Waals surface area contributed by atoms with Crippen LogP contribution in [0.25, 0.3) is 0 Å². The molecule has 1 aromatic carbocycles. The van der Waals surface area contributed by atoms with Gasteiger partial charge in [-0.2, -0.15) is 0 Å². The first-order valence-corrected chi connectivity index (χ1v) is 5.20. The minimum atomic E-state index is -0.581. The highest BCUT2D eigenvalue weighted by Crippen LogP contribution is 2.30. The highest BCUT2D eigenvalue weighted by Gasteiger charge is 2.13. The van der Waals surface area contributed by atoms with Crippen LogP contribution in [0, 0.1) is 6.92 Å². The monoisotopic (exact) mass is 229 g/mol. The third-order valence-corrected chi connectivity index (χ3v) is 2.79. The highest BCUT2D eigenvalue weighted by atomic mass is 35.5. The number of hydrogen-bond acceptors (Lipinski definition) is 3. The summed E-state index contributed by atoms with van der Waals surface area (Å²) in [7, 11) is 1.57. The van der Waals surface area contributed by atoms with Crippen LogP contribution >= 0.6 is 11.6 Å². The summed E-state index contributed by atoms with van der Waals surface area (Å²) in [5.74, 6) is 0.650. The van der Waals surface area contributed by atoms with E-state index in [-0.39, 0.29) is 0 Å². The molecule has 1 rings (SSSR count). The number of halogens is 1. The van der Waals surface area contributed by atoms with Gasteiger partial charge in [-0.15, -0.1) is 0 Å². The first-order valence-electron chi connectivity index (χ1n) is 4.82. The summed E-state index contributed by atoms with van der Waals surface area (Å²) in [6, 6.07) is 3.52. The molecule has 0 saturated carbocycles. The van der Waals surface area contributed by atoms with Gasteiger partial charge in [-0.25, -0.2) is 0 Å². The molecule has 1 aromatic rings. The lowest BCUT2D eigenvalue weighted by Crippen LogP contribution is -2.08. The van der Waals surface area contributed by atoms with Crippen molar-refractivity contribution in [3.05, 3.63) is 28.3 Å². The number of aliphatic hydroxyl groups excluding tert-OH is 1. The molecular formula is C11H16ClNO2. The van der Waals surface area contributed by atoms with Crippen LogP contribution in [0.15, 0.2) is 12.1 Å². The Kier molecular flexibility index (Phi) is 4.39. The maximum atomic E-state index is 9.85. The Morgan fingerprint density at radius 2 is 2.20 bits per heavy atom. The third kappa shape index (κ3) is 2.84. The Balaban J connectivity index is 3.09. The minimum absolute atomic E-state index is 0.440. The Hall–Kier alpha value is -0.770. The fraction of sp³-hybridized carbons (Fsp3) is 0.455. The summed E-state index contributed by atoms with van der Waals surface area (Å²) in [5.41, 5.74) is 7.06. The molecule has 3 nitrogen and oxygen atoms in total. The van der Waals surface area contributed by atoms with Crippen molar-refractivity contribution in [3.8, 4) is 5.75 Å². The van der Waals surface area contributed by atoms with Gasteiger partial charge < -0.3 is 15.6 Å². The molecule has 15 heavy (non-hydrogen) atoms. The van der Waals surface area contributed by atoms with Crippen molar-refractivity contribution in [2.24, 2.45) is 5.73 Å². The number of ether oxygens (including phenoxy) is 1. The molecule has 0 bridgehead atoms. The van der Waals surface area contributed by atoms with Gasteiger partial charge in [-0.05, 0) is 43.1 Å². The van der Waals surface area contributed by atoms with Crippen molar-refractivity contribution in [2.45, 2.75) is 19.4 Å². The predicted molar refractivity (Wildman–Crippen MR) is 61.4 cm³/mol. The van der Waals surface area contributed by atoms with E-state index < -0.39 is 6.10 Å². The van der Waals surface area contributed by atoms with E-state index in [4.69, 9.17) is 22.1 Å². The Bertz CT molecular complexity index is 342. The molecule has 1 atom stereocenters. The Labute approximate surface area is 94.8 Å². The molecule has 0 aromatic heterocycles. The van der Waals surface area contributed by atoms with Gasteiger partial charge in [0.2, 0.25) is 0 Å². The average Bonchev–Trinajstić information content (AvgIpc) is 2.22. The summed E-state index contributed by atoms with van der Waals surface area (Å²) in [6.07, 6.45) is -0.0627. The lowest BCUT2D eigenvalue weighted by atomic mass is 10.0. The van der Waals surface area contributed by atoms with Gasteiger partial charge >= 0.3 is 0 Å². The van der Waals surface area contributed by atoms with E-state index in [1.807, 2.05) is 6.92 Å². The first kappa shape index (κ1) is 12.3. The van der Waals surface area contributed by atoms with Gasteiger partial charge in [-0.1, -0.05) is 11.6 Å². The standard InChI is InChI=1S/C11H16ClNO2/c1-7-9(11(14)3-4-13)5-8(15-2)6-10(7)12/h5-6,11,14H,3-4,13H2,1-2H3. The summed E-state index contributed by atoms with van der Waals surface area (Å²) >= 11 is 6.02. The van der Waals surface area contributed by atoms with Crippen LogP contribution in [-0.4, -0.2) is 18.8 Å². The number of rotatable bonds is 4. The maximum absolute atomic E-state index is 9.85. The molecule has 84 valence electrons. The zero-order valence-corrected chi connectivity index (χ0v) is 9.71. The summed E-state index contributed by atoms with van der Waals surface area (Å²) in [6.45, 7) is 2.31. The van der Waals surface area contributed by atoms with Crippen LogP contribution in [0.2, 0.25) is 5.02 Å². The molecule has 1 unspecified atom stereocenters. The van der Waals surface area contributed by atoms with Gasteiger partial charge in [0.25, 0.3) is 0 Å². The molecular weight excluding hydrogens is 214 g/mol. The fourth-order valence-electron chi connectivity index (χ4n) is 1.45. The lowest BCUT2D eigenvalue weighted by molar-refractivity contribution is 0.169. The van der Waals surface area contributed by atoms with Crippen molar-refractivity contribution in [1.29, 1.82) is 0 Å². The number of methoxy groups -OCH3 is 1. The van der Waals surface area contributed by atoms with E-state index in [0.717, 1.165) is 11.1 Å². The molecule has 0 heterocycles. The quantitative estimate of drug-likeness (QED) is 0.831. The molecule has 0 radical (unpaired) electrons. The number of aliphatic hydroxyl groups is 1. The molecule has 0 aliphatic rings. The van der Waals surface area contributed by atoms with Gasteiger partial charge in [0, 0.05) is 5.02 Å². The second-order valence-electron chi connectivity index (χ2n) is 3.42. The molecule has 0 saturated heterocycles. The Morgan fingerprint density at radius 1 is 1.53 bits per heavy atom. The number of benzene rings is 1. The maximum Gasteiger partial charge on any atom is 0.120 e. The van der Waals surface area contributed by atoms with Crippen LogP contribution < -0.4 is 10.5 Å². The van der Waals surface area contributed by atoms with Crippen molar-refractivity contribution >= 4 is 11.6 Å². The summed E-state index contributed by atoms with van der Waals surface area (Å²) in [5, 5.41) is 10.4. The zero-order chi connectivity index (χ0) is 11.4. The van der Waals surface area contributed by atoms with E-state index in [9.17, 15) is 5.11 Å². The number of hydrogen-bond donors (Lipinski definition) is 2. The highest BCUT2D eigenvalue weighted by molar-refractivity contribution is 6.31. The molecule has 0 fully saturated rings. The number of nitrogens with two attached hydrogens (primary N) is 1. The minimum Gasteiger partial charge on any atom is -0.497 e. The van der Waals surface area contributed by atoms with Crippen molar-refractivity contribution in [3.63, 3.8) is 0 Å². The zero-order valence-electron chi connectivity index (χ0n) is 8.96. The lowest BCUT2D eigenvalue weighted by Gasteiger charge is -2.15. The SMILES string of the molecule is COc1cc(Cl)c(C)c(C(O)CCN)c1. The van der Waals surface area contributed by atoms with Gasteiger partial charge in [0.1, 0.15) is 5.75 Å². The van der Waals surface area contributed by atoms with Crippen LogP contribution in [0.1, 0.15) is 23.7 Å². The topological polar surface area (TPSA) is 55.5 Å². The van der Waals surface area contributed by atoms with Crippen molar-refractivity contribution < 1.29 is 9.84 Å². The van der Waals surface area contributed by atoms with Crippen LogP contribution in [0.4, 0.5) is 0 Å². The van der Waals surface area contributed by atoms with Crippen molar-refractivity contribution in [2.75, 3.05) is 13.7 Å². The normalized spacial score (nSPS) is 12.6. The van der Waals surface area contributed by atoms with Crippen LogP contribution in [-0.2, 0) is 0 Å². The molecule has 4 heteroatoms. The molecule has 0 aliphatic heterocycles. The molecule has 0 aliphatic carbocycles. The second kappa shape index (κ2) is 5.35. The van der Waals surface area contributed by atoms with E-state index in [1.165, 1.54) is 0 Å². The molecule has 3 N–H and O–H groups in total. The fourth-order valence-corrected chi connectivity index (χ4v) is 1.67. The van der Waals surface area contributed by atoms with Gasteiger partial charge in [0.05, 0.1) is 13.2 Å². The summed E-state index contributed by atoms with van der Waals surface area (Å²) < 4.78 is 5.09. The van der Waals surface area contributed by atoms with Crippen LogP contribution in [0.5, 0.6) is 5.75 Å². The van der Waals surface area contributed by atoms with E-state index >= 15 is 0 Å². The smallest absolute Gasteiger partial charge is 0.120 e. The first-order chi connectivity index (χ1) is 7.10. The molecule has 0 spiro atoms. The van der Waals surface area contributed by atoms with E-state index in [2.05, 4.69) is 0 Å². The third-order valence-electron chi connectivity index (χ3n) is 2.39. The summed E-state index contributed by atoms with van der Waals surface area (Å²) in [4.78, 5) is 0. The van der Waals surface area contributed by atoms with E-state index in [1.54, 1.807) is 19.2 Å². The van der Waals surface area contributed by atoms with Gasteiger partial charge in [0.15, 0.2) is 0 Å².